The molecule has 4 rings (SSSR count). The van der Waals surface area contributed by atoms with Crippen LogP contribution in [0.5, 0.6) is 11.5 Å². The van der Waals surface area contributed by atoms with Crippen LogP contribution in [-0.2, 0) is 4.79 Å². The third kappa shape index (κ3) is 4.29. The van der Waals surface area contributed by atoms with Crippen LogP contribution in [0.25, 0.3) is 27.7 Å². The van der Waals surface area contributed by atoms with E-state index in [9.17, 15) is 4.79 Å². The standard InChI is InChI=1S/C23H21N3O4S/c1-13(9-22(27)24-23-26-25-14(2)31-23)17-10-18-19(12-30-21(18)11-20(17)29-4)15-5-7-16(28-3)8-6-15/h5-12H,1-4H3,(H,24,26,27)/b13-9+. The van der Waals surface area contributed by atoms with Crippen LogP contribution in [0.3, 0.4) is 0 Å². The van der Waals surface area contributed by atoms with Gasteiger partial charge in [0.15, 0.2) is 0 Å². The van der Waals surface area contributed by atoms with Crippen molar-refractivity contribution >= 4 is 38.9 Å². The fraction of sp³-hybridized carbons (Fsp3) is 0.174. The van der Waals surface area contributed by atoms with Gasteiger partial charge in [-0.15, -0.1) is 10.2 Å². The van der Waals surface area contributed by atoms with Gasteiger partial charge in [-0.3, -0.25) is 10.1 Å². The molecule has 158 valence electrons. The van der Waals surface area contributed by atoms with Crippen LogP contribution in [0, 0.1) is 6.92 Å². The Bertz CT molecular complexity index is 1270. The van der Waals surface area contributed by atoms with Crippen LogP contribution >= 0.6 is 11.3 Å². The maximum absolute atomic E-state index is 12.4. The number of amides is 1. The van der Waals surface area contributed by atoms with Gasteiger partial charge < -0.3 is 13.9 Å². The lowest BCUT2D eigenvalue weighted by Crippen LogP contribution is -2.08. The second-order valence-electron chi connectivity index (χ2n) is 6.87. The van der Waals surface area contributed by atoms with Crippen molar-refractivity contribution in [2.45, 2.75) is 13.8 Å². The molecule has 1 N–H and O–H groups in total. The van der Waals surface area contributed by atoms with Crippen LogP contribution in [0.15, 0.2) is 53.2 Å². The van der Waals surface area contributed by atoms with Gasteiger partial charge in [0.2, 0.25) is 11.0 Å². The lowest BCUT2D eigenvalue weighted by atomic mass is 9.99. The van der Waals surface area contributed by atoms with E-state index < -0.39 is 0 Å². The van der Waals surface area contributed by atoms with Crippen molar-refractivity contribution in [2.75, 3.05) is 19.5 Å². The first-order valence-corrected chi connectivity index (χ1v) is 10.3. The van der Waals surface area contributed by atoms with Gasteiger partial charge in [-0.1, -0.05) is 23.5 Å². The maximum Gasteiger partial charge on any atom is 0.250 e. The molecule has 0 aliphatic carbocycles. The molecule has 2 aromatic carbocycles. The van der Waals surface area contributed by atoms with Crippen molar-refractivity contribution in [3.63, 3.8) is 0 Å². The predicted octanol–water partition coefficient (Wildman–Crippen LogP) is 5.32. The second kappa shape index (κ2) is 8.61. The number of aromatic nitrogens is 2. The summed E-state index contributed by atoms with van der Waals surface area (Å²) in [6.45, 7) is 3.70. The number of fused-ring (bicyclic) bond motifs is 1. The lowest BCUT2D eigenvalue weighted by Gasteiger charge is -2.10. The van der Waals surface area contributed by atoms with Crippen LogP contribution in [0.4, 0.5) is 5.13 Å². The number of aryl methyl sites for hydroxylation is 1. The summed E-state index contributed by atoms with van der Waals surface area (Å²) >= 11 is 1.32. The molecular formula is C23H21N3O4S. The van der Waals surface area contributed by atoms with Gasteiger partial charge in [0, 0.05) is 28.7 Å². The molecule has 1 amide bonds. The number of hydrogen-bond donors (Lipinski definition) is 1. The number of furan rings is 1. The van der Waals surface area contributed by atoms with Crippen molar-refractivity contribution in [1.29, 1.82) is 0 Å². The van der Waals surface area contributed by atoms with Crippen molar-refractivity contribution in [2.24, 2.45) is 0 Å². The molecule has 0 aliphatic heterocycles. The van der Waals surface area contributed by atoms with E-state index in [1.165, 1.54) is 17.4 Å². The van der Waals surface area contributed by atoms with Gasteiger partial charge in [-0.05, 0) is 43.2 Å². The molecule has 0 atom stereocenters. The van der Waals surface area contributed by atoms with Gasteiger partial charge in [-0.2, -0.15) is 0 Å². The minimum absolute atomic E-state index is 0.279. The Morgan fingerprint density at radius 2 is 1.90 bits per heavy atom. The van der Waals surface area contributed by atoms with E-state index in [-0.39, 0.29) is 5.91 Å². The molecule has 31 heavy (non-hydrogen) atoms. The molecule has 0 unspecified atom stereocenters. The van der Waals surface area contributed by atoms with Crippen molar-refractivity contribution in [3.05, 3.63) is 59.3 Å². The number of rotatable bonds is 6. The smallest absolute Gasteiger partial charge is 0.250 e. The third-order valence-electron chi connectivity index (χ3n) is 4.83. The first-order chi connectivity index (χ1) is 15.0. The Hall–Kier alpha value is -3.65. The van der Waals surface area contributed by atoms with E-state index in [4.69, 9.17) is 13.9 Å². The van der Waals surface area contributed by atoms with E-state index in [1.807, 2.05) is 50.2 Å². The number of hydrogen-bond acceptors (Lipinski definition) is 7. The molecular weight excluding hydrogens is 414 g/mol. The highest BCUT2D eigenvalue weighted by Crippen LogP contribution is 2.37. The molecule has 0 saturated carbocycles. The molecule has 7 nitrogen and oxygen atoms in total. The molecule has 0 saturated heterocycles. The number of ether oxygens (including phenoxy) is 2. The van der Waals surface area contributed by atoms with E-state index >= 15 is 0 Å². The van der Waals surface area contributed by atoms with Gasteiger partial charge >= 0.3 is 0 Å². The van der Waals surface area contributed by atoms with Crippen molar-refractivity contribution < 1.29 is 18.7 Å². The monoisotopic (exact) mass is 435 g/mol. The van der Waals surface area contributed by atoms with Crippen molar-refractivity contribution in [3.8, 4) is 22.6 Å². The van der Waals surface area contributed by atoms with E-state index in [1.54, 1.807) is 20.5 Å². The number of anilines is 1. The lowest BCUT2D eigenvalue weighted by molar-refractivity contribution is -0.111. The fourth-order valence-corrected chi connectivity index (χ4v) is 3.88. The Kier molecular flexibility index (Phi) is 5.73. The molecule has 0 aliphatic rings. The fourth-order valence-electron chi connectivity index (χ4n) is 3.29. The van der Waals surface area contributed by atoms with Crippen LogP contribution < -0.4 is 14.8 Å². The number of methoxy groups -OCH3 is 2. The van der Waals surface area contributed by atoms with Crippen molar-refractivity contribution in [1.82, 2.24) is 10.2 Å². The SMILES string of the molecule is COc1ccc(-c2coc3cc(OC)c(/C(C)=C/C(=O)Nc4nnc(C)s4)cc23)cc1. The second-order valence-corrected chi connectivity index (χ2v) is 8.05. The van der Waals surface area contributed by atoms with E-state index in [0.717, 1.165) is 38.4 Å². The highest BCUT2D eigenvalue weighted by Gasteiger charge is 2.15. The minimum Gasteiger partial charge on any atom is -0.497 e. The summed E-state index contributed by atoms with van der Waals surface area (Å²) in [5.41, 5.74) is 4.20. The Morgan fingerprint density at radius 1 is 1.13 bits per heavy atom. The molecule has 0 bridgehead atoms. The molecule has 2 heterocycles. The van der Waals surface area contributed by atoms with Crippen LogP contribution in [0.2, 0.25) is 0 Å². The zero-order valence-corrected chi connectivity index (χ0v) is 18.4. The first kappa shape index (κ1) is 20.6. The summed E-state index contributed by atoms with van der Waals surface area (Å²) in [6.07, 6.45) is 3.24. The Balaban J connectivity index is 1.71. The summed E-state index contributed by atoms with van der Waals surface area (Å²) in [4.78, 5) is 12.4. The summed E-state index contributed by atoms with van der Waals surface area (Å²) < 4.78 is 16.6. The highest BCUT2D eigenvalue weighted by molar-refractivity contribution is 7.15. The number of allylic oxidation sites excluding steroid dienone is 1. The largest absolute Gasteiger partial charge is 0.497 e. The number of benzene rings is 2. The maximum atomic E-state index is 12.4. The third-order valence-corrected chi connectivity index (χ3v) is 5.58. The van der Waals surface area contributed by atoms with Gasteiger partial charge in [-0.25, -0.2) is 0 Å². The minimum atomic E-state index is -0.279. The number of carbonyl (C=O) groups excluding carboxylic acids is 1. The normalized spacial score (nSPS) is 11.5. The zero-order chi connectivity index (χ0) is 22.0. The predicted molar refractivity (Wildman–Crippen MR) is 122 cm³/mol. The van der Waals surface area contributed by atoms with E-state index in [2.05, 4.69) is 15.5 Å². The van der Waals surface area contributed by atoms with Crippen LogP contribution in [0.1, 0.15) is 17.5 Å². The Morgan fingerprint density at radius 3 is 2.55 bits per heavy atom. The summed E-state index contributed by atoms with van der Waals surface area (Å²) in [5.74, 6) is 1.13. The average molecular weight is 436 g/mol. The summed E-state index contributed by atoms with van der Waals surface area (Å²) in [6, 6.07) is 11.6. The average Bonchev–Trinajstić information content (AvgIpc) is 3.37. The number of nitrogens with zero attached hydrogens (tertiary/aromatic N) is 2. The summed E-state index contributed by atoms with van der Waals surface area (Å²) in [7, 11) is 3.23. The molecule has 0 radical (unpaired) electrons. The first-order valence-electron chi connectivity index (χ1n) is 9.52. The number of carbonyl (C=O) groups is 1. The van der Waals surface area contributed by atoms with Gasteiger partial charge in [0.25, 0.3) is 0 Å². The zero-order valence-electron chi connectivity index (χ0n) is 17.6. The molecule has 8 heteroatoms. The molecule has 4 aromatic rings. The Labute approximate surface area is 183 Å². The number of nitrogens with one attached hydrogen (secondary N) is 1. The molecule has 0 fully saturated rings. The van der Waals surface area contributed by atoms with E-state index in [0.29, 0.717) is 16.5 Å². The van der Waals surface area contributed by atoms with Gasteiger partial charge in [0.1, 0.15) is 22.1 Å². The van der Waals surface area contributed by atoms with Crippen LogP contribution in [-0.4, -0.2) is 30.3 Å². The summed E-state index contributed by atoms with van der Waals surface area (Å²) in [5, 5.41) is 12.7. The molecule has 0 spiro atoms. The topological polar surface area (TPSA) is 86.5 Å². The van der Waals surface area contributed by atoms with Gasteiger partial charge in [0.05, 0.1) is 20.5 Å². The quantitative estimate of drug-likeness (QED) is 0.413. The highest BCUT2D eigenvalue weighted by atomic mass is 32.1. The molecule has 2 aromatic heterocycles.